The Morgan fingerprint density at radius 3 is 2.71 bits per heavy atom. The van der Waals surface area contributed by atoms with Gasteiger partial charge in [-0.1, -0.05) is 6.07 Å². The predicted octanol–water partition coefficient (Wildman–Crippen LogP) is 2.00. The molecule has 2 N–H and O–H groups in total. The molecule has 0 fully saturated rings. The summed E-state index contributed by atoms with van der Waals surface area (Å²) in [6.07, 6.45) is 1.63. The molecule has 0 aromatic carbocycles. The molecule has 8 heteroatoms. The van der Waals surface area contributed by atoms with E-state index in [1.54, 1.807) is 6.20 Å². The van der Waals surface area contributed by atoms with Gasteiger partial charge in [0.2, 0.25) is 5.82 Å². The predicted molar refractivity (Wildman–Crippen MR) is 74.2 cm³/mol. The molecule has 0 aliphatic carbocycles. The Hall–Kier alpha value is -3.03. The molecule has 8 nitrogen and oxygen atoms in total. The molecular formula is C13H12N4O4. The first-order chi connectivity index (χ1) is 9.97. The molecular weight excluding hydrogens is 276 g/mol. The van der Waals surface area contributed by atoms with Gasteiger partial charge in [0.15, 0.2) is 5.69 Å². The summed E-state index contributed by atoms with van der Waals surface area (Å²) in [6, 6.07) is 5.85. The zero-order valence-electron chi connectivity index (χ0n) is 11.1. The van der Waals surface area contributed by atoms with E-state index in [1.807, 2.05) is 19.1 Å². The van der Waals surface area contributed by atoms with Gasteiger partial charge in [-0.25, -0.2) is 9.78 Å². The minimum Gasteiger partial charge on any atom is -0.477 e. The molecule has 108 valence electrons. The first-order valence-corrected chi connectivity index (χ1v) is 6.01. The third kappa shape index (κ3) is 3.50. The highest BCUT2D eigenvalue weighted by atomic mass is 16.6. The van der Waals surface area contributed by atoms with Crippen LogP contribution in [0, 0.1) is 17.0 Å². The van der Waals surface area contributed by atoms with Gasteiger partial charge in [0.05, 0.1) is 4.92 Å². The second-order valence-corrected chi connectivity index (χ2v) is 4.29. The summed E-state index contributed by atoms with van der Waals surface area (Å²) in [4.78, 5) is 29.0. The fraction of sp³-hybridized carbons (Fsp3) is 0.154. The van der Waals surface area contributed by atoms with Crippen molar-refractivity contribution in [3.05, 3.63) is 57.5 Å². The van der Waals surface area contributed by atoms with Crippen LogP contribution in [-0.4, -0.2) is 26.0 Å². The Morgan fingerprint density at radius 2 is 2.14 bits per heavy atom. The van der Waals surface area contributed by atoms with Crippen LogP contribution >= 0.6 is 0 Å². The lowest BCUT2D eigenvalue weighted by Gasteiger charge is -2.07. The number of carboxylic acids is 1. The first kappa shape index (κ1) is 14.4. The van der Waals surface area contributed by atoms with Crippen molar-refractivity contribution in [2.45, 2.75) is 13.5 Å². The van der Waals surface area contributed by atoms with E-state index in [2.05, 4.69) is 15.3 Å². The highest BCUT2D eigenvalue weighted by Gasteiger charge is 2.18. The lowest BCUT2D eigenvalue weighted by atomic mass is 10.2. The molecule has 0 aliphatic heterocycles. The standard InChI is InChI=1S/C13H12N4O4/c1-8-2-3-9(6-14-8)7-15-12-11(17(20)21)5-4-10(16-12)13(18)19/h2-6H,7H2,1H3,(H,15,16)(H,18,19). The van der Waals surface area contributed by atoms with E-state index in [4.69, 9.17) is 5.11 Å². The highest BCUT2D eigenvalue weighted by molar-refractivity contribution is 5.86. The maximum absolute atomic E-state index is 10.9. The smallest absolute Gasteiger partial charge is 0.354 e. The minimum atomic E-state index is -1.25. The molecule has 0 aliphatic rings. The molecule has 2 rings (SSSR count). The number of carbonyl (C=O) groups is 1. The number of carboxylic acid groups (broad SMARTS) is 1. The van der Waals surface area contributed by atoms with Crippen LogP contribution in [0.3, 0.4) is 0 Å². The summed E-state index contributed by atoms with van der Waals surface area (Å²) in [5.74, 6) is -1.33. The number of pyridine rings is 2. The summed E-state index contributed by atoms with van der Waals surface area (Å²) in [7, 11) is 0. The van der Waals surface area contributed by atoms with E-state index >= 15 is 0 Å². The molecule has 2 aromatic rings. The molecule has 0 bridgehead atoms. The summed E-state index contributed by atoms with van der Waals surface area (Å²) >= 11 is 0. The van der Waals surface area contributed by atoms with Crippen molar-refractivity contribution in [2.24, 2.45) is 0 Å². The quantitative estimate of drug-likeness (QED) is 0.638. The van der Waals surface area contributed by atoms with E-state index in [0.717, 1.165) is 23.4 Å². The fourth-order valence-electron chi connectivity index (χ4n) is 1.64. The van der Waals surface area contributed by atoms with E-state index < -0.39 is 10.9 Å². The van der Waals surface area contributed by atoms with Crippen molar-refractivity contribution in [3.63, 3.8) is 0 Å². The number of nitrogens with one attached hydrogen (secondary N) is 1. The van der Waals surface area contributed by atoms with Crippen molar-refractivity contribution in [1.82, 2.24) is 9.97 Å². The number of nitro groups is 1. The molecule has 0 radical (unpaired) electrons. The van der Waals surface area contributed by atoms with E-state index in [1.165, 1.54) is 0 Å². The van der Waals surface area contributed by atoms with Gasteiger partial charge in [0.25, 0.3) is 0 Å². The average Bonchev–Trinajstić information content (AvgIpc) is 2.46. The second-order valence-electron chi connectivity index (χ2n) is 4.29. The van der Waals surface area contributed by atoms with Crippen LogP contribution < -0.4 is 5.32 Å². The lowest BCUT2D eigenvalue weighted by molar-refractivity contribution is -0.384. The lowest BCUT2D eigenvalue weighted by Crippen LogP contribution is -2.08. The van der Waals surface area contributed by atoms with E-state index in [-0.39, 0.29) is 23.7 Å². The normalized spacial score (nSPS) is 10.1. The third-order valence-electron chi connectivity index (χ3n) is 2.72. The molecule has 0 atom stereocenters. The SMILES string of the molecule is Cc1ccc(CNc2nc(C(=O)O)ccc2[N+](=O)[O-])cn1. The van der Waals surface area contributed by atoms with Gasteiger partial charge in [0.1, 0.15) is 0 Å². The number of anilines is 1. The van der Waals surface area contributed by atoms with Crippen molar-refractivity contribution < 1.29 is 14.8 Å². The van der Waals surface area contributed by atoms with E-state index in [0.29, 0.717) is 0 Å². The van der Waals surface area contributed by atoms with Crippen LogP contribution in [0.1, 0.15) is 21.7 Å². The first-order valence-electron chi connectivity index (χ1n) is 6.01. The van der Waals surface area contributed by atoms with Crippen LogP contribution in [0.4, 0.5) is 11.5 Å². The summed E-state index contributed by atoms with van der Waals surface area (Å²) in [5, 5.41) is 22.6. The van der Waals surface area contributed by atoms with Crippen LogP contribution in [0.15, 0.2) is 30.5 Å². The van der Waals surface area contributed by atoms with Crippen molar-refractivity contribution in [3.8, 4) is 0 Å². The van der Waals surface area contributed by atoms with Crippen molar-refractivity contribution in [1.29, 1.82) is 0 Å². The van der Waals surface area contributed by atoms with Crippen LogP contribution in [0.2, 0.25) is 0 Å². The van der Waals surface area contributed by atoms with Gasteiger partial charge in [-0.05, 0) is 24.6 Å². The van der Waals surface area contributed by atoms with Crippen LogP contribution in [0.25, 0.3) is 0 Å². The topological polar surface area (TPSA) is 118 Å². The maximum atomic E-state index is 10.9. The second kappa shape index (κ2) is 5.95. The average molecular weight is 288 g/mol. The number of hydrogen-bond donors (Lipinski definition) is 2. The Kier molecular flexibility index (Phi) is 4.07. The summed E-state index contributed by atoms with van der Waals surface area (Å²) in [5.41, 5.74) is 1.12. The monoisotopic (exact) mass is 288 g/mol. The largest absolute Gasteiger partial charge is 0.477 e. The van der Waals surface area contributed by atoms with Crippen LogP contribution in [0.5, 0.6) is 0 Å². The number of hydrogen-bond acceptors (Lipinski definition) is 6. The van der Waals surface area contributed by atoms with Crippen LogP contribution in [-0.2, 0) is 6.54 Å². The highest BCUT2D eigenvalue weighted by Crippen LogP contribution is 2.22. The number of rotatable bonds is 5. The maximum Gasteiger partial charge on any atom is 0.354 e. The van der Waals surface area contributed by atoms with Crippen molar-refractivity contribution in [2.75, 3.05) is 5.32 Å². The van der Waals surface area contributed by atoms with Gasteiger partial charge in [-0.15, -0.1) is 0 Å². The Morgan fingerprint density at radius 1 is 1.38 bits per heavy atom. The molecule has 2 heterocycles. The molecule has 0 saturated carbocycles. The van der Waals surface area contributed by atoms with Gasteiger partial charge in [0, 0.05) is 24.5 Å². The van der Waals surface area contributed by atoms with Crippen molar-refractivity contribution >= 4 is 17.5 Å². The molecule has 0 saturated heterocycles. The van der Waals surface area contributed by atoms with E-state index in [9.17, 15) is 14.9 Å². The summed E-state index contributed by atoms with van der Waals surface area (Å²) in [6.45, 7) is 2.10. The molecule has 0 spiro atoms. The number of aryl methyl sites for hydroxylation is 1. The molecule has 0 amide bonds. The Balaban J connectivity index is 2.24. The Bertz CT molecular complexity index is 685. The molecule has 21 heavy (non-hydrogen) atoms. The zero-order valence-corrected chi connectivity index (χ0v) is 11.1. The van der Waals surface area contributed by atoms with Gasteiger partial charge in [-0.2, -0.15) is 0 Å². The minimum absolute atomic E-state index is 0.0829. The fourth-order valence-corrected chi connectivity index (χ4v) is 1.64. The van der Waals surface area contributed by atoms with Gasteiger partial charge in [-0.3, -0.25) is 15.1 Å². The zero-order chi connectivity index (χ0) is 15.4. The summed E-state index contributed by atoms with van der Waals surface area (Å²) < 4.78 is 0. The number of aromatic nitrogens is 2. The molecule has 0 unspecified atom stereocenters. The van der Waals surface area contributed by atoms with Gasteiger partial charge < -0.3 is 10.4 Å². The number of nitrogens with zero attached hydrogens (tertiary/aromatic N) is 3. The van der Waals surface area contributed by atoms with Gasteiger partial charge >= 0.3 is 11.7 Å². The Labute approximate surface area is 119 Å². The number of aromatic carboxylic acids is 1. The third-order valence-corrected chi connectivity index (χ3v) is 2.72. The molecule has 2 aromatic heterocycles.